The number of hydrogen-bond donors (Lipinski definition) is 5. The van der Waals surface area contributed by atoms with E-state index in [1.165, 1.54) is 0 Å². The van der Waals surface area contributed by atoms with Gasteiger partial charge in [-0.2, -0.15) is 10.2 Å². The molecule has 0 aromatic heterocycles. The summed E-state index contributed by atoms with van der Waals surface area (Å²) in [7, 11) is 0. The Morgan fingerprint density at radius 1 is 0.921 bits per heavy atom. The maximum Gasteiger partial charge on any atom is 0.408 e. The van der Waals surface area contributed by atoms with Gasteiger partial charge in [0.25, 0.3) is 0 Å². The summed E-state index contributed by atoms with van der Waals surface area (Å²) < 4.78 is 5.05. The summed E-state index contributed by atoms with van der Waals surface area (Å²) in [5.74, 6) is -4.00. The third kappa shape index (κ3) is 11.1. The Balaban J connectivity index is 1.84. The molecule has 0 saturated heterocycles. The van der Waals surface area contributed by atoms with E-state index in [2.05, 4.69) is 20.9 Å². The number of alkyl carbamates (subject to hydrolysis) is 1. The SMILES string of the molecule is CC(C)(C)OC(=O)N[C@@H](C[C@H](CCCC(=O)Nc1ccc(N=Nc2ccc(N)cc2)cc1)C(=O)O)C(=O)O. The number of carboxylic acids is 2. The lowest BCUT2D eigenvalue weighted by Crippen LogP contribution is -2.45. The quantitative estimate of drug-likeness (QED) is 0.191. The van der Waals surface area contributed by atoms with Crippen LogP contribution in [0.15, 0.2) is 58.8 Å². The summed E-state index contributed by atoms with van der Waals surface area (Å²) in [4.78, 5) is 47.5. The topological polar surface area (TPSA) is 193 Å². The first kappa shape index (κ1) is 29.7. The second kappa shape index (κ2) is 13.7. The van der Waals surface area contributed by atoms with Crippen LogP contribution in [-0.4, -0.2) is 45.8 Å². The highest BCUT2D eigenvalue weighted by atomic mass is 16.6. The molecule has 0 heterocycles. The third-order valence-electron chi connectivity index (χ3n) is 5.14. The van der Waals surface area contributed by atoms with E-state index >= 15 is 0 Å². The smallest absolute Gasteiger partial charge is 0.408 e. The van der Waals surface area contributed by atoms with E-state index in [0.717, 1.165) is 0 Å². The van der Waals surface area contributed by atoms with Crippen molar-refractivity contribution in [3.05, 3.63) is 48.5 Å². The molecule has 2 aromatic carbocycles. The number of carbonyl (C=O) groups excluding carboxylic acids is 2. The Kier molecular flexibility index (Phi) is 10.7. The second-order valence-electron chi connectivity index (χ2n) is 9.59. The number of nitrogens with two attached hydrogens (primary N) is 1. The minimum absolute atomic E-state index is 0.0274. The lowest BCUT2D eigenvalue weighted by Gasteiger charge is -2.23. The summed E-state index contributed by atoms with van der Waals surface area (Å²) in [5, 5.41) is 32.1. The monoisotopic (exact) mass is 527 g/mol. The number of carboxylic acid groups (broad SMARTS) is 2. The molecule has 2 rings (SSSR count). The summed E-state index contributed by atoms with van der Waals surface area (Å²) in [6, 6.07) is 12.2. The highest BCUT2D eigenvalue weighted by Gasteiger charge is 2.29. The molecule has 0 unspecified atom stereocenters. The van der Waals surface area contributed by atoms with Gasteiger partial charge in [0.05, 0.1) is 17.3 Å². The van der Waals surface area contributed by atoms with Crippen molar-refractivity contribution in [2.75, 3.05) is 11.1 Å². The first-order valence-corrected chi connectivity index (χ1v) is 11.9. The average Bonchev–Trinajstić information content (AvgIpc) is 2.82. The fourth-order valence-electron chi connectivity index (χ4n) is 3.30. The average molecular weight is 528 g/mol. The van der Waals surface area contributed by atoms with Crippen LogP contribution in [0.25, 0.3) is 0 Å². The fraction of sp³-hybridized carbons (Fsp3) is 0.385. The van der Waals surface area contributed by atoms with Gasteiger partial charge in [0.15, 0.2) is 0 Å². The predicted molar refractivity (Wildman–Crippen MR) is 140 cm³/mol. The lowest BCUT2D eigenvalue weighted by molar-refractivity contribution is -0.144. The highest BCUT2D eigenvalue weighted by Crippen LogP contribution is 2.22. The van der Waals surface area contributed by atoms with Crippen molar-refractivity contribution in [3.8, 4) is 0 Å². The van der Waals surface area contributed by atoms with E-state index in [4.69, 9.17) is 10.5 Å². The zero-order valence-electron chi connectivity index (χ0n) is 21.5. The van der Waals surface area contributed by atoms with Gasteiger partial charge in [0, 0.05) is 17.8 Å². The normalized spacial score (nSPS) is 12.9. The minimum Gasteiger partial charge on any atom is -0.481 e. The van der Waals surface area contributed by atoms with E-state index in [9.17, 15) is 29.4 Å². The number of ether oxygens (including phenoxy) is 1. The zero-order chi connectivity index (χ0) is 28.3. The number of carbonyl (C=O) groups is 4. The summed E-state index contributed by atoms with van der Waals surface area (Å²) in [5.41, 5.74) is 7.18. The molecule has 6 N–H and O–H groups in total. The van der Waals surface area contributed by atoms with Gasteiger partial charge in [-0.25, -0.2) is 9.59 Å². The second-order valence-corrected chi connectivity index (χ2v) is 9.59. The molecule has 0 spiro atoms. The highest BCUT2D eigenvalue weighted by molar-refractivity contribution is 5.90. The Labute approximate surface area is 220 Å². The summed E-state index contributed by atoms with van der Waals surface area (Å²) in [6.45, 7) is 4.86. The number of rotatable bonds is 12. The van der Waals surface area contributed by atoms with E-state index in [1.807, 2.05) is 0 Å². The minimum atomic E-state index is -1.45. The van der Waals surface area contributed by atoms with Gasteiger partial charge in [0.1, 0.15) is 11.6 Å². The van der Waals surface area contributed by atoms with Gasteiger partial charge in [-0.05, 0) is 88.6 Å². The number of anilines is 2. The van der Waals surface area contributed by atoms with Gasteiger partial charge in [-0.1, -0.05) is 0 Å². The molecule has 0 aliphatic carbocycles. The van der Waals surface area contributed by atoms with Crippen LogP contribution >= 0.6 is 0 Å². The number of nitrogens with zero attached hydrogens (tertiary/aromatic N) is 2. The van der Waals surface area contributed by atoms with Crippen molar-refractivity contribution < 1.29 is 34.1 Å². The molecule has 0 bridgehead atoms. The van der Waals surface area contributed by atoms with E-state index in [1.54, 1.807) is 69.3 Å². The largest absolute Gasteiger partial charge is 0.481 e. The number of amides is 2. The van der Waals surface area contributed by atoms with Crippen LogP contribution in [0.4, 0.5) is 27.5 Å². The van der Waals surface area contributed by atoms with Gasteiger partial charge in [-0.3, -0.25) is 9.59 Å². The molecular weight excluding hydrogens is 494 g/mol. The Bertz CT molecular complexity index is 1140. The van der Waals surface area contributed by atoms with E-state index < -0.39 is 35.6 Å². The molecule has 12 nitrogen and oxygen atoms in total. The van der Waals surface area contributed by atoms with Crippen LogP contribution in [0, 0.1) is 5.92 Å². The van der Waals surface area contributed by atoms with Gasteiger partial charge >= 0.3 is 18.0 Å². The molecule has 0 saturated carbocycles. The van der Waals surface area contributed by atoms with Crippen LogP contribution in [0.5, 0.6) is 0 Å². The number of nitrogen functional groups attached to an aromatic ring is 1. The van der Waals surface area contributed by atoms with Crippen LogP contribution < -0.4 is 16.4 Å². The first-order chi connectivity index (χ1) is 17.8. The van der Waals surface area contributed by atoms with Crippen molar-refractivity contribution >= 4 is 46.7 Å². The molecule has 204 valence electrons. The first-order valence-electron chi connectivity index (χ1n) is 11.9. The zero-order valence-corrected chi connectivity index (χ0v) is 21.5. The molecule has 0 aliphatic rings. The molecular formula is C26H33N5O7. The summed E-state index contributed by atoms with van der Waals surface area (Å²) >= 11 is 0. The van der Waals surface area contributed by atoms with E-state index in [-0.39, 0.29) is 31.6 Å². The van der Waals surface area contributed by atoms with Crippen LogP contribution in [0.2, 0.25) is 0 Å². The molecule has 0 fully saturated rings. The standard InChI is InChI=1S/C26H33N5O7/c1-26(2,3)38-25(37)29-21(24(35)36)15-16(23(33)34)5-4-6-22(32)28-18-11-13-20(14-12-18)31-30-19-9-7-17(27)8-10-19/h7-14,16,21H,4-6,15,27H2,1-3H3,(H,28,32)(H,29,37)(H,33,34)(H,35,36)/t16-,21-/m0/s1. The van der Waals surface area contributed by atoms with Crippen molar-refractivity contribution in [3.63, 3.8) is 0 Å². The maximum absolute atomic E-state index is 12.3. The molecule has 38 heavy (non-hydrogen) atoms. The van der Waals surface area contributed by atoms with Gasteiger partial charge in [-0.15, -0.1) is 0 Å². The van der Waals surface area contributed by atoms with E-state index in [0.29, 0.717) is 22.7 Å². The third-order valence-corrected chi connectivity index (χ3v) is 5.14. The van der Waals surface area contributed by atoms with Crippen molar-refractivity contribution in [2.24, 2.45) is 16.1 Å². The molecule has 2 amide bonds. The maximum atomic E-state index is 12.3. The molecule has 2 atom stereocenters. The molecule has 2 aromatic rings. The molecule has 12 heteroatoms. The Hall–Kier alpha value is -4.48. The number of benzene rings is 2. The fourth-order valence-corrected chi connectivity index (χ4v) is 3.30. The number of hydrogen-bond acceptors (Lipinski definition) is 8. The number of aliphatic carboxylic acids is 2. The van der Waals surface area contributed by atoms with Crippen molar-refractivity contribution in [2.45, 2.75) is 58.1 Å². The lowest BCUT2D eigenvalue weighted by atomic mass is 9.94. The number of azo groups is 1. The van der Waals surface area contributed by atoms with Gasteiger partial charge in [0.2, 0.25) is 5.91 Å². The Morgan fingerprint density at radius 2 is 1.47 bits per heavy atom. The summed E-state index contributed by atoms with van der Waals surface area (Å²) in [6.07, 6.45) is -1.02. The molecule has 0 radical (unpaired) electrons. The Morgan fingerprint density at radius 3 is 1.97 bits per heavy atom. The van der Waals surface area contributed by atoms with Crippen LogP contribution in [0.3, 0.4) is 0 Å². The molecule has 0 aliphatic heterocycles. The number of nitrogens with one attached hydrogen (secondary N) is 2. The van der Waals surface area contributed by atoms with Crippen molar-refractivity contribution in [1.29, 1.82) is 0 Å². The van der Waals surface area contributed by atoms with Gasteiger partial charge < -0.3 is 31.3 Å². The van der Waals surface area contributed by atoms with Crippen LogP contribution in [0.1, 0.15) is 46.5 Å². The predicted octanol–water partition coefficient (Wildman–Crippen LogP) is 4.86. The van der Waals surface area contributed by atoms with Crippen molar-refractivity contribution in [1.82, 2.24) is 5.32 Å². The van der Waals surface area contributed by atoms with Crippen LogP contribution in [-0.2, 0) is 19.1 Å².